The summed E-state index contributed by atoms with van der Waals surface area (Å²) in [5, 5.41) is 15.2. The minimum atomic E-state index is -3.33. The summed E-state index contributed by atoms with van der Waals surface area (Å²) in [4.78, 5) is 27.0. The fraction of sp³-hybridized carbons (Fsp3) is 0.391. The van der Waals surface area contributed by atoms with Gasteiger partial charge in [-0.15, -0.1) is 0 Å². The monoisotopic (exact) mass is 468 g/mol. The molecule has 2 saturated carbocycles. The summed E-state index contributed by atoms with van der Waals surface area (Å²) < 4.78 is 24.9. The molecule has 0 bridgehead atoms. The number of aromatic nitrogens is 2. The summed E-state index contributed by atoms with van der Waals surface area (Å²) in [6.07, 6.45) is 7.89. The first kappa shape index (κ1) is 22.9. The van der Waals surface area contributed by atoms with Crippen molar-refractivity contribution < 1.29 is 23.2 Å². The Morgan fingerprint density at radius 3 is 2.45 bits per heavy atom. The number of carbonyl (C=O) groups excluding carboxylic acids is 1. The van der Waals surface area contributed by atoms with E-state index in [-0.39, 0.29) is 34.4 Å². The van der Waals surface area contributed by atoms with E-state index in [1.54, 1.807) is 12.1 Å². The number of hydrogen-bond acceptors (Lipinski definition) is 8. The topological polar surface area (TPSA) is 131 Å². The third kappa shape index (κ3) is 5.74. The molecule has 2 aromatic rings. The van der Waals surface area contributed by atoms with E-state index in [4.69, 9.17) is 9.94 Å². The van der Waals surface area contributed by atoms with Gasteiger partial charge in [-0.25, -0.2) is 18.4 Å². The van der Waals surface area contributed by atoms with Crippen molar-refractivity contribution in [2.45, 2.75) is 54.8 Å². The van der Waals surface area contributed by atoms with Crippen LogP contribution in [-0.4, -0.2) is 53.1 Å². The molecule has 2 aliphatic rings. The number of anilines is 1. The molecule has 9 nitrogen and oxygen atoms in total. The fourth-order valence-electron chi connectivity index (χ4n) is 3.48. The summed E-state index contributed by atoms with van der Waals surface area (Å²) in [7, 11) is -3.33. The zero-order valence-corrected chi connectivity index (χ0v) is 18.7. The van der Waals surface area contributed by atoms with Crippen LogP contribution in [0.15, 0.2) is 46.7 Å². The number of sulfone groups is 1. The first-order valence-electron chi connectivity index (χ1n) is 10.8. The molecule has 1 aromatic carbocycles. The van der Waals surface area contributed by atoms with Gasteiger partial charge >= 0.3 is 0 Å². The predicted molar refractivity (Wildman–Crippen MR) is 121 cm³/mol. The largest absolute Gasteiger partial charge is 0.392 e. The van der Waals surface area contributed by atoms with Crippen LogP contribution in [0.1, 0.15) is 49.8 Å². The number of nitrogens with one attached hydrogen (secondary N) is 1. The van der Waals surface area contributed by atoms with Crippen molar-refractivity contribution >= 4 is 27.3 Å². The second-order valence-electron chi connectivity index (χ2n) is 7.92. The zero-order chi connectivity index (χ0) is 23.3. The third-order valence-electron chi connectivity index (χ3n) is 5.42. The van der Waals surface area contributed by atoms with Crippen LogP contribution >= 0.6 is 0 Å². The molecule has 4 rings (SSSR count). The second kappa shape index (κ2) is 10.1. The number of hydrogen-bond donors (Lipinski definition) is 2. The molecule has 1 heterocycles. The van der Waals surface area contributed by atoms with Crippen molar-refractivity contribution in [3.8, 4) is 11.8 Å². The lowest BCUT2D eigenvalue weighted by Gasteiger charge is -2.11. The van der Waals surface area contributed by atoms with Crippen molar-refractivity contribution in [3.05, 3.63) is 47.9 Å². The Labute approximate surface area is 192 Å². The van der Waals surface area contributed by atoms with Gasteiger partial charge in [-0.2, -0.15) is 0 Å². The molecular weight excluding hydrogens is 444 g/mol. The highest BCUT2D eigenvalue weighted by Crippen LogP contribution is 2.33. The Morgan fingerprint density at radius 2 is 1.85 bits per heavy atom. The molecule has 2 N–H and O–H groups in total. The van der Waals surface area contributed by atoms with E-state index in [9.17, 15) is 13.2 Å². The van der Waals surface area contributed by atoms with Crippen molar-refractivity contribution in [3.63, 3.8) is 0 Å². The predicted octanol–water partition coefficient (Wildman–Crippen LogP) is 2.06. The van der Waals surface area contributed by atoms with Crippen LogP contribution in [0.2, 0.25) is 0 Å². The maximum atomic E-state index is 13.0. The maximum Gasteiger partial charge on any atom is 0.279 e. The average molecular weight is 469 g/mol. The highest BCUT2D eigenvalue weighted by atomic mass is 32.2. The normalized spacial score (nSPS) is 16.7. The average Bonchev–Trinajstić information content (AvgIpc) is 3.57. The van der Waals surface area contributed by atoms with E-state index >= 15 is 0 Å². The number of amides is 1. The zero-order valence-electron chi connectivity index (χ0n) is 17.9. The van der Waals surface area contributed by atoms with E-state index < -0.39 is 15.7 Å². The van der Waals surface area contributed by atoms with Gasteiger partial charge in [0.15, 0.2) is 21.4 Å². The number of oxime groups is 1. The van der Waals surface area contributed by atoms with Gasteiger partial charge in [0.25, 0.3) is 5.91 Å². The second-order valence-corrected chi connectivity index (χ2v) is 10.1. The molecule has 1 amide bonds. The van der Waals surface area contributed by atoms with Gasteiger partial charge in [-0.05, 0) is 56.6 Å². The van der Waals surface area contributed by atoms with Crippen molar-refractivity contribution in [1.29, 1.82) is 0 Å². The van der Waals surface area contributed by atoms with Crippen LogP contribution < -0.4 is 5.32 Å². The summed E-state index contributed by atoms with van der Waals surface area (Å²) >= 11 is 0. The molecule has 0 saturated heterocycles. The SMILES string of the molecule is O=C(Nc1cnc(C#CCO)cn1)C(=NOC1CCCC1)c1ccc(S(=O)(=O)C2CC2)cc1. The fourth-order valence-corrected chi connectivity index (χ4v) is 5.14. The third-order valence-corrected chi connectivity index (χ3v) is 7.70. The van der Waals surface area contributed by atoms with Gasteiger partial charge in [0.1, 0.15) is 18.4 Å². The highest BCUT2D eigenvalue weighted by molar-refractivity contribution is 7.92. The van der Waals surface area contributed by atoms with E-state index in [0.29, 0.717) is 24.1 Å². The lowest BCUT2D eigenvalue weighted by molar-refractivity contribution is -0.110. The molecule has 2 aliphatic carbocycles. The van der Waals surface area contributed by atoms with Gasteiger partial charge in [0.05, 0.1) is 22.5 Å². The molecule has 10 heteroatoms. The number of carbonyl (C=O) groups is 1. The van der Waals surface area contributed by atoms with Crippen LogP contribution in [0.3, 0.4) is 0 Å². The standard InChI is InChI=1S/C23H24N4O5S/c28-13-3-4-17-14-25-21(15-24-17)26-23(29)22(27-32-18-5-1-2-6-18)16-7-9-19(10-8-16)33(30,31)20-11-12-20/h7-10,14-15,18,20,28H,1-2,5-6,11-13H2,(H,25,26,29). The molecule has 2 fully saturated rings. The molecule has 0 atom stereocenters. The first-order chi connectivity index (χ1) is 16.0. The van der Waals surface area contributed by atoms with Crippen LogP contribution in [0.4, 0.5) is 5.82 Å². The summed E-state index contributed by atoms with van der Waals surface area (Å²) in [5.41, 5.74) is 0.801. The van der Waals surface area contributed by atoms with Gasteiger partial charge in [-0.3, -0.25) is 4.79 Å². The Morgan fingerprint density at radius 1 is 1.12 bits per heavy atom. The Kier molecular flexibility index (Phi) is 7.01. The minimum Gasteiger partial charge on any atom is -0.392 e. The number of aliphatic hydroxyl groups excluding tert-OH is 1. The molecule has 172 valence electrons. The molecule has 1 aromatic heterocycles. The van der Waals surface area contributed by atoms with E-state index in [2.05, 4.69) is 32.3 Å². The van der Waals surface area contributed by atoms with Crippen molar-refractivity contribution in [2.75, 3.05) is 11.9 Å². The molecular formula is C23H24N4O5S. The van der Waals surface area contributed by atoms with Crippen molar-refractivity contribution in [1.82, 2.24) is 9.97 Å². The minimum absolute atomic E-state index is 0.0169. The maximum absolute atomic E-state index is 13.0. The number of aliphatic hydroxyl groups is 1. The Hall–Kier alpha value is -3.29. The number of nitrogens with zero attached hydrogens (tertiary/aromatic N) is 3. The van der Waals surface area contributed by atoms with Crippen LogP contribution in [0, 0.1) is 11.8 Å². The van der Waals surface area contributed by atoms with E-state index in [1.807, 2.05) is 0 Å². The number of rotatable bonds is 7. The Balaban J connectivity index is 1.55. The van der Waals surface area contributed by atoms with Crippen LogP contribution in [-0.2, 0) is 19.5 Å². The smallest absolute Gasteiger partial charge is 0.279 e. The molecule has 33 heavy (non-hydrogen) atoms. The Bertz CT molecular complexity index is 1190. The lowest BCUT2D eigenvalue weighted by Crippen LogP contribution is -2.25. The lowest BCUT2D eigenvalue weighted by atomic mass is 10.1. The van der Waals surface area contributed by atoms with Gasteiger partial charge in [0, 0.05) is 5.56 Å². The van der Waals surface area contributed by atoms with Crippen LogP contribution in [0.25, 0.3) is 0 Å². The molecule has 0 spiro atoms. The van der Waals surface area contributed by atoms with Gasteiger partial charge in [-0.1, -0.05) is 23.2 Å². The molecule has 0 unspecified atom stereocenters. The summed E-state index contributed by atoms with van der Waals surface area (Å²) in [6.45, 7) is -0.290. The summed E-state index contributed by atoms with van der Waals surface area (Å²) in [6, 6.07) is 6.11. The van der Waals surface area contributed by atoms with E-state index in [0.717, 1.165) is 25.7 Å². The van der Waals surface area contributed by atoms with Gasteiger partial charge < -0.3 is 15.3 Å². The molecule has 0 aliphatic heterocycles. The molecule has 0 radical (unpaired) electrons. The van der Waals surface area contributed by atoms with Gasteiger partial charge in [0.2, 0.25) is 0 Å². The van der Waals surface area contributed by atoms with Crippen molar-refractivity contribution in [2.24, 2.45) is 5.16 Å². The quantitative estimate of drug-likeness (QED) is 0.361. The first-order valence-corrected chi connectivity index (χ1v) is 12.3. The highest BCUT2D eigenvalue weighted by Gasteiger charge is 2.36. The summed E-state index contributed by atoms with van der Waals surface area (Å²) in [5.74, 6) is 4.73. The van der Waals surface area contributed by atoms with E-state index in [1.165, 1.54) is 24.5 Å². The number of benzene rings is 1. The van der Waals surface area contributed by atoms with Crippen LogP contribution in [0.5, 0.6) is 0 Å².